The molecular formula is C14H19NOS. The summed E-state index contributed by atoms with van der Waals surface area (Å²) in [7, 11) is 0. The lowest BCUT2D eigenvalue weighted by atomic mass is 9.99. The van der Waals surface area contributed by atoms with Gasteiger partial charge in [-0.1, -0.05) is 32.0 Å². The van der Waals surface area contributed by atoms with Crippen LogP contribution in [0.1, 0.15) is 29.8 Å². The summed E-state index contributed by atoms with van der Waals surface area (Å²) in [6.45, 7) is 6.13. The molecule has 3 heteroatoms. The Morgan fingerprint density at radius 3 is 2.88 bits per heavy atom. The van der Waals surface area contributed by atoms with Crippen LogP contribution in [0.4, 0.5) is 0 Å². The first-order valence-electron chi connectivity index (χ1n) is 6.17. The highest BCUT2D eigenvalue weighted by Crippen LogP contribution is 2.19. The highest BCUT2D eigenvalue weighted by molar-refractivity contribution is 7.99. The van der Waals surface area contributed by atoms with Gasteiger partial charge < -0.3 is 4.90 Å². The zero-order valence-corrected chi connectivity index (χ0v) is 11.3. The molecule has 1 heterocycles. The van der Waals surface area contributed by atoms with E-state index in [1.807, 2.05) is 34.9 Å². The van der Waals surface area contributed by atoms with Gasteiger partial charge in [0.25, 0.3) is 5.91 Å². The van der Waals surface area contributed by atoms with Gasteiger partial charge in [-0.2, -0.15) is 11.8 Å². The van der Waals surface area contributed by atoms with Crippen LogP contribution in [0, 0.1) is 0 Å². The van der Waals surface area contributed by atoms with Gasteiger partial charge in [-0.3, -0.25) is 4.79 Å². The number of nitrogens with zero attached hydrogens (tertiary/aromatic N) is 1. The highest BCUT2D eigenvalue weighted by Gasteiger charge is 2.23. The minimum Gasteiger partial charge on any atom is -0.337 e. The molecule has 0 bridgehead atoms. The third kappa shape index (κ3) is 3.03. The second-order valence-corrected chi connectivity index (χ2v) is 6.30. The van der Waals surface area contributed by atoms with E-state index in [-0.39, 0.29) is 5.91 Å². The van der Waals surface area contributed by atoms with Crippen molar-refractivity contribution in [2.24, 2.45) is 0 Å². The number of fused-ring (bicyclic) bond motifs is 1. The molecule has 92 valence electrons. The van der Waals surface area contributed by atoms with Crippen molar-refractivity contribution in [2.45, 2.75) is 25.5 Å². The molecule has 1 amide bonds. The largest absolute Gasteiger partial charge is 0.337 e. The molecule has 0 fully saturated rings. The number of carbonyl (C=O) groups is 1. The first-order valence-corrected chi connectivity index (χ1v) is 7.22. The maximum Gasteiger partial charge on any atom is 0.254 e. The molecule has 0 unspecified atom stereocenters. The van der Waals surface area contributed by atoms with Crippen LogP contribution in [-0.2, 0) is 6.42 Å². The number of hydrogen-bond donors (Lipinski definition) is 0. The van der Waals surface area contributed by atoms with Crippen molar-refractivity contribution in [1.29, 1.82) is 0 Å². The smallest absolute Gasteiger partial charge is 0.254 e. The fourth-order valence-electron chi connectivity index (χ4n) is 2.09. The van der Waals surface area contributed by atoms with Gasteiger partial charge in [-0.05, 0) is 23.3 Å². The number of benzene rings is 1. The van der Waals surface area contributed by atoms with Crippen molar-refractivity contribution in [1.82, 2.24) is 4.90 Å². The van der Waals surface area contributed by atoms with E-state index < -0.39 is 0 Å². The molecule has 0 spiro atoms. The fraction of sp³-hybridized carbons (Fsp3) is 0.500. The maximum atomic E-state index is 12.2. The first-order chi connectivity index (χ1) is 8.18. The van der Waals surface area contributed by atoms with Gasteiger partial charge in [0, 0.05) is 24.4 Å². The normalized spacial score (nSPS) is 15.2. The van der Waals surface area contributed by atoms with E-state index in [2.05, 4.69) is 19.9 Å². The second kappa shape index (κ2) is 5.58. The van der Waals surface area contributed by atoms with Crippen molar-refractivity contribution in [2.75, 3.05) is 18.8 Å². The fourth-order valence-corrected chi connectivity index (χ4v) is 2.88. The number of carbonyl (C=O) groups excluding carboxylic acids is 1. The lowest BCUT2D eigenvalue weighted by molar-refractivity contribution is 0.0750. The number of rotatable bonds is 4. The molecule has 1 aromatic rings. The standard InChI is InChI=1S/C14H19NOS/c1-11(2)17-10-9-15-8-7-12-5-3-4-6-13(12)14(15)16/h3-6,11H,7-10H2,1-2H3. The Balaban J connectivity index is 1.98. The van der Waals surface area contributed by atoms with Gasteiger partial charge in [-0.25, -0.2) is 0 Å². The van der Waals surface area contributed by atoms with Gasteiger partial charge in [0.05, 0.1) is 0 Å². The van der Waals surface area contributed by atoms with Crippen LogP contribution in [0.15, 0.2) is 24.3 Å². The third-order valence-electron chi connectivity index (χ3n) is 3.00. The first kappa shape index (κ1) is 12.5. The summed E-state index contributed by atoms with van der Waals surface area (Å²) < 4.78 is 0. The van der Waals surface area contributed by atoms with Gasteiger partial charge in [-0.15, -0.1) is 0 Å². The van der Waals surface area contributed by atoms with Crippen molar-refractivity contribution in [3.63, 3.8) is 0 Å². The van der Waals surface area contributed by atoms with Crippen molar-refractivity contribution < 1.29 is 4.79 Å². The minimum atomic E-state index is 0.205. The van der Waals surface area contributed by atoms with Gasteiger partial charge >= 0.3 is 0 Å². The van der Waals surface area contributed by atoms with E-state index in [4.69, 9.17) is 0 Å². The summed E-state index contributed by atoms with van der Waals surface area (Å²) in [5, 5.41) is 0.641. The van der Waals surface area contributed by atoms with Crippen LogP contribution in [-0.4, -0.2) is 34.9 Å². The summed E-state index contributed by atoms with van der Waals surface area (Å²) in [5.41, 5.74) is 2.10. The van der Waals surface area contributed by atoms with Crippen LogP contribution in [0.5, 0.6) is 0 Å². The average Bonchev–Trinajstić information content (AvgIpc) is 2.32. The topological polar surface area (TPSA) is 20.3 Å². The maximum absolute atomic E-state index is 12.2. The predicted molar refractivity (Wildman–Crippen MR) is 73.6 cm³/mol. The monoisotopic (exact) mass is 249 g/mol. The van der Waals surface area contributed by atoms with E-state index in [1.54, 1.807) is 0 Å². The van der Waals surface area contributed by atoms with E-state index >= 15 is 0 Å². The molecule has 0 atom stereocenters. The summed E-state index contributed by atoms with van der Waals surface area (Å²) in [4.78, 5) is 14.2. The van der Waals surface area contributed by atoms with Crippen molar-refractivity contribution in [3.8, 4) is 0 Å². The Kier molecular flexibility index (Phi) is 4.11. The van der Waals surface area contributed by atoms with Gasteiger partial charge in [0.15, 0.2) is 0 Å². The molecule has 0 aliphatic carbocycles. The van der Waals surface area contributed by atoms with Crippen LogP contribution in [0.3, 0.4) is 0 Å². The Bertz CT molecular complexity index is 403. The Morgan fingerprint density at radius 1 is 1.35 bits per heavy atom. The second-order valence-electron chi connectivity index (χ2n) is 4.62. The van der Waals surface area contributed by atoms with E-state index in [1.165, 1.54) is 5.56 Å². The molecule has 0 saturated heterocycles. The molecular weight excluding hydrogens is 230 g/mol. The van der Waals surface area contributed by atoms with E-state index in [9.17, 15) is 4.79 Å². The number of hydrogen-bond acceptors (Lipinski definition) is 2. The highest BCUT2D eigenvalue weighted by atomic mass is 32.2. The zero-order valence-electron chi connectivity index (χ0n) is 10.5. The molecule has 0 saturated carbocycles. The molecule has 2 rings (SSSR count). The van der Waals surface area contributed by atoms with Crippen LogP contribution >= 0.6 is 11.8 Å². The summed E-state index contributed by atoms with van der Waals surface area (Å²) in [5.74, 6) is 1.24. The molecule has 0 radical (unpaired) electrons. The van der Waals surface area contributed by atoms with Gasteiger partial charge in [0.2, 0.25) is 0 Å². The van der Waals surface area contributed by atoms with Crippen LogP contribution in [0.2, 0.25) is 0 Å². The summed E-state index contributed by atoms with van der Waals surface area (Å²) >= 11 is 1.91. The average molecular weight is 249 g/mol. The van der Waals surface area contributed by atoms with E-state index in [0.29, 0.717) is 5.25 Å². The predicted octanol–water partition coefficient (Wildman–Crippen LogP) is 2.83. The van der Waals surface area contributed by atoms with E-state index in [0.717, 1.165) is 30.8 Å². The molecule has 1 aromatic carbocycles. The summed E-state index contributed by atoms with van der Waals surface area (Å²) in [6, 6.07) is 7.96. The molecule has 2 nitrogen and oxygen atoms in total. The molecule has 1 aliphatic heterocycles. The number of amides is 1. The quantitative estimate of drug-likeness (QED) is 0.818. The molecule has 0 aromatic heterocycles. The van der Waals surface area contributed by atoms with Gasteiger partial charge in [0.1, 0.15) is 0 Å². The van der Waals surface area contributed by atoms with Crippen molar-refractivity contribution >= 4 is 17.7 Å². The third-order valence-corrected chi connectivity index (χ3v) is 4.08. The van der Waals surface area contributed by atoms with Crippen LogP contribution in [0.25, 0.3) is 0 Å². The summed E-state index contributed by atoms with van der Waals surface area (Å²) in [6.07, 6.45) is 0.994. The molecule has 17 heavy (non-hydrogen) atoms. The Hall–Kier alpha value is -0.960. The Labute approximate surface area is 107 Å². The van der Waals surface area contributed by atoms with Crippen molar-refractivity contribution in [3.05, 3.63) is 35.4 Å². The Morgan fingerprint density at radius 2 is 2.12 bits per heavy atom. The SMILES string of the molecule is CC(C)SCCN1CCc2ccccc2C1=O. The lowest BCUT2D eigenvalue weighted by Gasteiger charge is -2.28. The number of thioether (sulfide) groups is 1. The lowest BCUT2D eigenvalue weighted by Crippen LogP contribution is -2.39. The van der Waals surface area contributed by atoms with Crippen LogP contribution < -0.4 is 0 Å². The molecule has 1 aliphatic rings. The molecule has 0 N–H and O–H groups in total. The minimum absolute atomic E-state index is 0.205. The zero-order chi connectivity index (χ0) is 12.3.